The molecule has 2 aromatic heterocycles. The van der Waals surface area contributed by atoms with E-state index in [1.165, 1.54) is 0 Å². The van der Waals surface area contributed by atoms with Crippen molar-refractivity contribution in [3.8, 4) is 16.9 Å². The van der Waals surface area contributed by atoms with Gasteiger partial charge >= 0.3 is 0 Å². The maximum Gasteiger partial charge on any atom is 0.151 e. The molecule has 0 radical (unpaired) electrons. The summed E-state index contributed by atoms with van der Waals surface area (Å²) in [6.07, 6.45) is 8.13. The Hall–Kier alpha value is -2.45. The zero-order chi connectivity index (χ0) is 18.0. The van der Waals surface area contributed by atoms with Gasteiger partial charge in [-0.05, 0) is 18.6 Å². The molecule has 1 aliphatic heterocycles. The molecule has 0 saturated carbocycles. The van der Waals surface area contributed by atoms with Crippen molar-refractivity contribution in [3.05, 3.63) is 55.2 Å². The molecular weight excluding hydrogens is 350 g/mol. The fourth-order valence-corrected chi connectivity index (χ4v) is 4.97. The predicted molar refractivity (Wildman–Crippen MR) is 99.8 cm³/mol. The molecule has 4 rings (SSSR count). The lowest BCUT2D eigenvalue weighted by Gasteiger charge is -2.12. The summed E-state index contributed by atoms with van der Waals surface area (Å²) in [6, 6.07) is 10.0. The first-order chi connectivity index (χ1) is 12.6. The van der Waals surface area contributed by atoms with Crippen LogP contribution >= 0.6 is 0 Å². The van der Waals surface area contributed by atoms with E-state index in [0.717, 1.165) is 23.5 Å². The highest BCUT2D eigenvalue weighted by Crippen LogP contribution is 2.20. The summed E-state index contributed by atoms with van der Waals surface area (Å²) in [4.78, 5) is 4.26. The molecule has 26 heavy (non-hydrogen) atoms. The van der Waals surface area contributed by atoms with Crippen LogP contribution in [0.5, 0.6) is 0 Å². The van der Waals surface area contributed by atoms with E-state index in [2.05, 4.69) is 20.0 Å². The molecular formula is C18H21N5O2S. The first-order valence-corrected chi connectivity index (χ1v) is 10.5. The van der Waals surface area contributed by atoms with Gasteiger partial charge < -0.3 is 9.88 Å². The van der Waals surface area contributed by atoms with E-state index in [-0.39, 0.29) is 11.8 Å². The van der Waals surface area contributed by atoms with Crippen molar-refractivity contribution in [2.24, 2.45) is 0 Å². The number of benzene rings is 1. The van der Waals surface area contributed by atoms with E-state index in [1.54, 1.807) is 6.33 Å². The molecule has 1 atom stereocenters. The van der Waals surface area contributed by atoms with Crippen molar-refractivity contribution in [1.29, 1.82) is 0 Å². The summed E-state index contributed by atoms with van der Waals surface area (Å²) in [5.41, 5.74) is 3.00. The Morgan fingerprint density at radius 2 is 2.04 bits per heavy atom. The van der Waals surface area contributed by atoms with Crippen LogP contribution in [-0.2, 0) is 16.4 Å². The number of rotatable bonds is 6. The zero-order valence-corrected chi connectivity index (χ0v) is 15.1. The van der Waals surface area contributed by atoms with Gasteiger partial charge in [-0.25, -0.2) is 18.1 Å². The maximum atomic E-state index is 11.5. The molecule has 0 amide bonds. The van der Waals surface area contributed by atoms with Crippen LogP contribution in [0.3, 0.4) is 0 Å². The summed E-state index contributed by atoms with van der Waals surface area (Å²) in [5, 5.41) is 7.77. The van der Waals surface area contributed by atoms with Gasteiger partial charge in [0.2, 0.25) is 0 Å². The van der Waals surface area contributed by atoms with E-state index in [9.17, 15) is 8.42 Å². The number of sulfone groups is 1. The number of hydrogen-bond donors (Lipinski definition) is 1. The Bertz CT molecular complexity index is 978. The third kappa shape index (κ3) is 3.71. The minimum absolute atomic E-state index is 0.0628. The Balaban J connectivity index is 1.42. The first-order valence-electron chi connectivity index (χ1n) is 8.65. The topological polar surface area (TPSA) is 81.8 Å². The molecule has 8 heteroatoms. The molecule has 0 aliphatic carbocycles. The average Bonchev–Trinajstić information content (AvgIpc) is 3.35. The number of aromatic nitrogens is 4. The summed E-state index contributed by atoms with van der Waals surface area (Å²) in [7, 11) is -2.85. The summed E-state index contributed by atoms with van der Waals surface area (Å²) < 4.78 is 27.0. The molecule has 3 aromatic rings. The molecule has 3 heterocycles. The van der Waals surface area contributed by atoms with Gasteiger partial charge in [0.1, 0.15) is 0 Å². The molecule has 1 saturated heterocycles. The minimum Gasteiger partial charge on any atom is -0.329 e. The van der Waals surface area contributed by atoms with Crippen LogP contribution in [0.2, 0.25) is 0 Å². The van der Waals surface area contributed by atoms with Crippen LogP contribution < -0.4 is 5.32 Å². The minimum atomic E-state index is -2.85. The second-order valence-corrected chi connectivity index (χ2v) is 8.76. The number of nitrogens with zero attached hydrogens (tertiary/aromatic N) is 4. The van der Waals surface area contributed by atoms with Crippen LogP contribution in [0.4, 0.5) is 0 Å². The third-order valence-electron chi connectivity index (χ3n) is 4.63. The van der Waals surface area contributed by atoms with Gasteiger partial charge in [0.25, 0.3) is 0 Å². The lowest BCUT2D eigenvalue weighted by Crippen LogP contribution is -2.32. The standard InChI is InChI=1S/C18H21N5O2S/c24-26(25)9-6-16(13-26)20-7-8-22-14-19-11-18(22)15-10-21-23(12-15)17-4-2-1-3-5-17/h1-5,10-12,14,16,20H,6-9,13H2. The van der Waals surface area contributed by atoms with E-state index in [0.29, 0.717) is 18.7 Å². The quantitative estimate of drug-likeness (QED) is 0.710. The van der Waals surface area contributed by atoms with Gasteiger partial charge in [-0.15, -0.1) is 0 Å². The zero-order valence-electron chi connectivity index (χ0n) is 14.3. The smallest absolute Gasteiger partial charge is 0.151 e. The molecule has 0 spiro atoms. The van der Waals surface area contributed by atoms with Crippen LogP contribution in [0, 0.1) is 0 Å². The molecule has 136 valence electrons. The third-order valence-corrected chi connectivity index (χ3v) is 6.40. The lowest BCUT2D eigenvalue weighted by molar-refractivity contribution is 0.521. The number of nitrogens with one attached hydrogen (secondary N) is 1. The van der Waals surface area contributed by atoms with Crippen molar-refractivity contribution < 1.29 is 8.42 Å². The largest absolute Gasteiger partial charge is 0.329 e. The number of imidazole rings is 1. The summed E-state index contributed by atoms with van der Waals surface area (Å²) in [6.45, 7) is 1.43. The van der Waals surface area contributed by atoms with Crippen LogP contribution in [0.1, 0.15) is 6.42 Å². The van der Waals surface area contributed by atoms with Gasteiger partial charge in [-0.3, -0.25) is 0 Å². The van der Waals surface area contributed by atoms with Crippen molar-refractivity contribution in [2.75, 3.05) is 18.1 Å². The van der Waals surface area contributed by atoms with Crippen molar-refractivity contribution in [2.45, 2.75) is 19.0 Å². The number of hydrogen-bond acceptors (Lipinski definition) is 5. The molecule has 1 aliphatic rings. The van der Waals surface area contributed by atoms with Crippen molar-refractivity contribution >= 4 is 9.84 Å². The van der Waals surface area contributed by atoms with Crippen LogP contribution in [0.25, 0.3) is 16.9 Å². The highest BCUT2D eigenvalue weighted by atomic mass is 32.2. The lowest BCUT2D eigenvalue weighted by atomic mass is 10.2. The summed E-state index contributed by atoms with van der Waals surface area (Å²) in [5.74, 6) is 0.535. The first kappa shape index (κ1) is 17.0. The van der Waals surface area contributed by atoms with Gasteiger partial charge in [0.15, 0.2) is 9.84 Å². The molecule has 1 unspecified atom stereocenters. The number of para-hydroxylation sites is 1. The fourth-order valence-electron chi connectivity index (χ4n) is 3.26. The second kappa shape index (κ2) is 7.05. The van der Waals surface area contributed by atoms with Gasteiger partial charge in [0.05, 0.1) is 41.6 Å². The van der Waals surface area contributed by atoms with E-state index in [1.807, 2.05) is 53.6 Å². The Kier molecular flexibility index (Phi) is 4.60. The van der Waals surface area contributed by atoms with Crippen molar-refractivity contribution in [1.82, 2.24) is 24.6 Å². The highest BCUT2D eigenvalue weighted by molar-refractivity contribution is 7.91. The molecule has 1 fully saturated rings. The highest BCUT2D eigenvalue weighted by Gasteiger charge is 2.27. The summed E-state index contributed by atoms with van der Waals surface area (Å²) >= 11 is 0. The monoisotopic (exact) mass is 371 g/mol. The normalized spacial score (nSPS) is 19.0. The average molecular weight is 371 g/mol. The molecule has 1 aromatic carbocycles. The van der Waals surface area contributed by atoms with E-state index < -0.39 is 9.84 Å². The second-order valence-electron chi connectivity index (χ2n) is 6.54. The van der Waals surface area contributed by atoms with Gasteiger partial charge in [-0.2, -0.15) is 5.10 Å². The Labute approximate surface area is 152 Å². The van der Waals surface area contributed by atoms with Crippen LogP contribution in [0.15, 0.2) is 55.2 Å². The fraction of sp³-hybridized carbons (Fsp3) is 0.333. The SMILES string of the molecule is O=S1(=O)CCC(NCCn2cncc2-c2cnn(-c3ccccc3)c2)C1. The molecule has 1 N–H and O–H groups in total. The van der Waals surface area contributed by atoms with E-state index in [4.69, 9.17) is 0 Å². The van der Waals surface area contributed by atoms with E-state index >= 15 is 0 Å². The molecule has 0 bridgehead atoms. The van der Waals surface area contributed by atoms with Crippen LogP contribution in [-0.4, -0.2) is 51.8 Å². The Morgan fingerprint density at radius 1 is 1.19 bits per heavy atom. The van der Waals surface area contributed by atoms with Gasteiger partial charge in [0, 0.05) is 30.9 Å². The van der Waals surface area contributed by atoms with Crippen molar-refractivity contribution in [3.63, 3.8) is 0 Å². The van der Waals surface area contributed by atoms with Gasteiger partial charge in [-0.1, -0.05) is 18.2 Å². The maximum absolute atomic E-state index is 11.5. The Morgan fingerprint density at radius 3 is 2.81 bits per heavy atom. The molecule has 7 nitrogen and oxygen atoms in total. The predicted octanol–water partition coefficient (Wildman–Crippen LogP) is 1.51.